The SMILES string of the molecule is CC1CCC(C2CCC(C=O)CC2)CC1.CC1CCC(c2ccc(C=O)cc2)CC1.Cc1ccc(-c2ccc(C=O)cc2)cc1. The molecule has 0 unspecified atom stereocenters. The smallest absolute Gasteiger partial charge is 0.150 e. The molecule has 0 spiro atoms. The van der Waals surface area contributed by atoms with Crippen molar-refractivity contribution in [1.82, 2.24) is 0 Å². The van der Waals surface area contributed by atoms with Gasteiger partial charge in [-0.2, -0.15) is 0 Å². The van der Waals surface area contributed by atoms with Gasteiger partial charge in [-0.15, -0.1) is 0 Å². The molecule has 6 rings (SSSR count). The van der Waals surface area contributed by atoms with Crippen LogP contribution in [0.3, 0.4) is 0 Å². The number of hydrogen-bond acceptors (Lipinski definition) is 3. The second-order valence-corrected chi connectivity index (χ2v) is 14.2. The highest BCUT2D eigenvalue weighted by atomic mass is 16.1. The van der Waals surface area contributed by atoms with E-state index >= 15 is 0 Å². The molecule has 3 nitrogen and oxygen atoms in total. The third kappa shape index (κ3) is 10.9. The van der Waals surface area contributed by atoms with Crippen molar-refractivity contribution in [2.45, 2.75) is 104 Å². The van der Waals surface area contributed by atoms with Crippen molar-refractivity contribution in [2.24, 2.45) is 29.6 Å². The van der Waals surface area contributed by atoms with Crippen molar-refractivity contribution in [1.29, 1.82) is 0 Å². The van der Waals surface area contributed by atoms with Gasteiger partial charge in [-0.1, -0.05) is 118 Å². The van der Waals surface area contributed by atoms with E-state index in [1.807, 2.05) is 36.4 Å². The Kier molecular flexibility index (Phi) is 13.8. The molecule has 0 heterocycles. The van der Waals surface area contributed by atoms with Crippen LogP contribution in [0.2, 0.25) is 0 Å². The van der Waals surface area contributed by atoms with E-state index in [4.69, 9.17) is 0 Å². The zero-order valence-electron chi connectivity index (χ0n) is 27.8. The lowest BCUT2D eigenvalue weighted by Crippen LogP contribution is -2.25. The summed E-state index contributed by atoms with van der Waals surface area (Å²) in [6, 6.07) is 24.0. The summed E-state index contributed by atoms with van der Waals surface area (Å²) in [7, 11) is 0. The number of carbonyl (C=O) groups excluding carboxylic acids is 3. The van der Waals surface area contributed by atoms with E-state index in [9.17, 15) is 14.4 Å². The van der Waals surface area contributed by atoms with Gasteiger partial charge in [0.1, 0.15) is 18.9 Å². The van der Waals surface area contributed by atoms with Gasteiger partial charge in [0.2, 0.25) is 0 Å². The standard InChI is InChI=1S/C14H24O.C14H18O.C14H12O/c3*1-11-2-6-13(7-3-11)14-8-4-12(10-15)5-9-14/h10-14H,2-9H2,1H3;4-5,8-11,13H,2-3,6-7H2,1H3;2-10H,1H3. The van der Waals surface area contributed by atoms with Crippen LogP contribution in [0.1, 0.15) is 129 Å². The molecule has 3 aromatic carbocycles. The molecule has 0 aromatic heterocycles. The number of benzene rings is 3. The Labute approximate surface area is 272 Å². The molecule has 0 saturated heterocycles. The van der Waals surface area contributed by atoms with Gasteiger partial charge < -0.3 is 4.79 Å². The maximum Gasteiger partial charge on any atom is 0.150 e. The molecule has 0 N–H and O–H groups in total. The molecule has 45 heavy (non-hydrogen) atoms. The molecular weight excluding hydrogens is 552 g/mol. The predicted molar refractivity (Wildman–Crippen MR) is 187 cm³/mol. The molecular formula is C42H54O3. The minimum atomic E-state index is 0.392. The van der Waals surface area contributed by atoms with Gasteiger partial charge >= 0.3 is 0 Å². The zero-order chi connectivity index (χ0) is 32.0. The van der Waals surface area contributed by atoms with Gasteiger partial charge in [-0.05, 0) is 105 Å². The van der Waals surface area contributed by atoms with E-state index in [1.54, 1.807) is 0 Å². The van der Waals surface area contributed by atoms with E-state index in [0.29, 0.717) is 11.5 Å². The number of carbonyl (C=O) groups is 3. The molecule has 3 fully saturated rings. The zero-order valence-corrected chi connectivity index (χ0v) is 27.8. The summed E-state index contributed by atoms with van der Waals surface area (Å²) in [6.07, 6.45) is 19.0. The van der Waals surface area contributed by atoms with Crippen molar-refractivity contribution in [3.8, 4) is 11.1 Å². The summed E-state index contributed by atoms with van der Waals surface area (Å²) in [6.45, 7) is 6.80. The summed E-state index contributed by atoms with van der Waals surface area (Å²) < 4.78 is 0. The van der Waals surface area contributed by atoms with Crippen LogP contribution < -0.4 is 0 Å². The van der Waals surface area contributed by atoms with Crippen LogP contribution in [-0.2, 0) is 4.79 Å². The molecule has 3 aliphatic rings. The minimum Gasteiger partial charge on any atom is -0.303 e. The molecule has 0 radical (unpaired) electrons. The average Bonchev–Trinajstić information content (AvgIpc) is 3.10. The number of rotatable bonds is 6. The maximum atomic E-state index is 10.7. The fourth-order valence-electron chi connectivity index (χ4n) is 7.45. The summed E-state index contributed by atoms with van der Waals surface area (Å²) >= 11 is 0. The molecule has 0 bridgehead atoms. The highest BCUT2D eigenvalue weighted by Crippen LogP contribution is 2.41. The Hall–Kier alpha value is -3.33. The van der Waals surface area contributed by atoms with Crippen LogP contribution in [0.5, 0.6) is 0 Å². The van der Waals surface area contributed by atoms with E-state index in [0.717, 1.165) is 53.3 Å². The first-order valence-electron chi connectivity index (χ1n) is 17.5. The van der Waals surface area contributed by atoms with E-state index < -0.39 is 0 Å². The Balaban J connectivity index is 0.000000154. The van der Waals surface area contributed by atoms with Crippen LogP contribution in [0.25, 0.3) is 11.1 Å². The summed E-state index contributed by atoms with van der Waals surface area (Å²) in [4.78, 5) is 31.7. The quantitative estimate of drug-likeness (QED) is 0.262. The van der Waals surface area contributed by atoms with Crippen LogP contribution in [0.15, 0.2) is 72.8 Å². The van der Waals surface area contributed by atoms with E-state index in [-0.39, 0.29) is 0 Å². The fraction of sp³-hybridized carbons (Fsp3) is 0.500. The fourth-order valence-corrected chi connectivity index (χ4v) is 7.45. The molecule has 3 aromatic rings. The monoisotopic (exact) mass is 606 g/mol. The summed E-state index contributed by atoms with van der Waals surface area (Å²) in [5, 5.41) is 0. The topological polar surface area (TPSA) is 51.2 Å². The van der Waals surface area contributed by atoms with Gasteiger partial charge in [0.15, 0.2) is 0 Å². The first-order chi connectivity index (χ1) is 21.9. The second-order valence-electron chi connectivity index (χ2n) is 14.2. The largest absolute Gasteiger partial charge is 0.303 e. The van der Waals surface area contributed by atoms with Crippen molar-refractivity contribution < 1.29 is 14.4 Å². The Morgan fingerprint density at radius 3 is 1.33 bits per heavy atom. The Morgan fingerprint density at radius 2 is 0.889 bits per heavy atom. The van der Waals surface area contributed by atoms with Crippen LogP contribution in [-0.4, -0.2) is 18.9 Å². The second kappa shape index (κ2) is 18.0. The molecule has 0 atom stereocenters. The number of aldehydes is 3. The van der Waals surface area contributed by atoms with Gasteiger partial charge in [-0.25, -0.2) is 0 Å². The lowest BCUT2D eigenvalue weighted by Gasteiger charge is -2.36. The first kappa shape index (κ1) is 34.5. The third-order valence-corrected chi connectivity index (χ3v) is 10.7. The van der Waals surface area contributed by atoms with Crippen molar-refractivity contribution in [3.05, 3.63) is 95.1 Å². The summed E-state index contributed by atoms with van der Waals surface area (Å²) in [5.74, 6) is 4.93. The van der Waals surface area contributed by atoms with Crippen molar-refractivity contribution in [2.75, 3.05) is 0 Å². The lowest BCUT2D eigenvalue weighted by atomic mass is 9.70. The Morgan fingerprint density at radius 1 is 0.489 bits per heavy atom. The molecule has 0 amide bonds. The van der Waals surface area contributed by atoms with Gasteiger partial charge in [0, 0.05) is 17.0 Å². The highest BCUT2D eigenvalue weighted by molar-refractivity contribution is 5.77. The first-order valence-corrected chi connectivity index (χ1v) is 17.5. The van der Waals surface area contributed by atoms with Crippen LogP contribution in [0, 0.1) is 36.5 Å². The van der Waals surface area contributed by atoms with Crippen LogP contribution >= 0.6 is 0 Å². The van der Waals surface area contributed by atoms with E-state index in [2.05, 4.69) is 57.2 Å². The summed E-state index contributed by atoms with van der Waals surface area (Å²) in [5.41, 5.74) is 6.48. The molecule has 3 aliphatic carbocycles. The van der Waals surface area contributed by atoms with Crippen LogP contribution in [0.4, 0.5) is 0 Å². The molecule has 3 saturated carbocycles. The lowest BCUT2D eigenvalue weighted by molar-refractivity contribution is -0.112. The highest BCUT2D eigenvalue weighted by Gasteiger charge is 2.29. The minimum absolute atomic E-state index is 0.392. The van der Waals surface area contributed by atoms with Gasteiger partial charge in [0.05, 0.1) is 0 Å². The molecule has 240 valence electrons. The van der Waals surface area contributed by atoms with Gasteiger partial charge in [-0.3, -0.25) is 9.59 Å². The Bertz CT molecular complexity index is 1280. The van der Waals surface area contributed by atoms with Crippen molar-refractivity contribution in [3.63, 3.8) is 0 Å². The average molecular weight is 607 g/mol. The molecule has 0 aliphatic heterocycles. The normalized spacial score (nSPS) is 26.2. The van der Waals surface area contributed by atoms with E-state index in [1.165, 1.54) is 100 Å². The molecule has 3 heteroatoms. The third-order valence-electron chi connectivity index (χ3n) is 10.7. The maximum absolute atomic E-state index is 10.7. The number of hydrogen-bond donors (Lipinski definition) is 0. The van der Waals surface area contributed by atoms with Gasteiger partial charge in [0.25, 0.3) is 0 Å². The number of aryl methyl sites for hydroxylation is 1. The predicted octanol–water partition coefficient (Wildman–Crippen LogP) is 11.1. The van der Waals surface area contributed by atoms with Crippen molar-refractivity contribution >= 4 is 18.9 Å².